The number of carboxylic acid groups (broad SMARTS) is 1. The van der Waals surface area contributed by atoms with Crippen LogP contribution in [-0.4, -0.2) is 49.0 Å². The van der Waals surface area contributed by atoms with Crippen molar-refractivity contribution in [3.8, 4) is 0 Å². The first-order chi connectivity index (χ1) is 12.4. The number of rotatable bonds is 6. The quantitative estimate of drug-likeness (QED) is 0.814. The summed E-state index contributed by atoms with van der Waals surface area (Å²) < 4.78 is 0. The van der Waals surface area contributed by atoms with E-state index in [1.165, 1.54) is 0 Å². The molecular formula is C18H24N6O2. The van der Waals surface area contributed by atoms with Crippen LogP contribution in [0.25, 0.3) is 0 Å². The van der Waals surface area contributed by atoms with Crippen LogP contribution in [0.15, 0.2) is 12.1 Å². The summed E-state index contributed by atoms with van der Waals surface area (Å²) in [6.07, 6.45) is 2.08. The lowest BCUT2D eigenvalue weighted by Gasteiger charge is -2.23. The van der Waals surface area contributed by atoms with Gasteiger partial charge in [-0.1, -0.05) is 0 Å². The van der Waals surface area contributed by atoms with E-state index in [-0.39, 0.29) is 12.5 Å². The van der Waals surface area contributed by atoms with Gasteiger partial charge < -0.3 is 10.4 Å². The van der Waals surface area contributed by atoms with Crippen LogP contribution in [-0.2, 0) is 4.79 Å². The third-order valence-corrected chi connectivity index (χ3v) is 4.37. The number of aryl methyl sites for hydroxylation is 3. The Morgan fingerprint density at radius 2 is 1.85 bits per heavy atom. The first-order valence-corrected chi connectivity index (χ1v) is 8.81. The summed E-state index contributed by atoms with van der Waals surface area (Å²) in [5, 5.41) is 12.1. The molecule has 1 atom stereocenters. The number of hydrogen-bond donors (Lipinski definition) is 2. The molecule has 8 heteroatoms. The molecule has 26 heavy (non-hydrogen) atoms. The van der Waals surface area contributed by atoms with Crippen molar-refractivity contribution >= 4 is 17.7 Å². The van der Waals surface area contributed by atoms with Gasteiger partial charge in [0.1, 0.15) is 11.6 Å². The summed E-state index contributed by atoms with van der Waals surface area (Å²) in [5.41, 5.74) is 2.63. The highest BCUT2D eigenvalue weighted by atomic mass is 16.4. The molecule has 2 aromatic heterocycles. The Balaban J connectivity index is 1.81. The molecule has 0 amide bonds. The van der Waals surface area contributed by atoms with E-state index in [9.17, 15) is 4.79 Å². The SMILES string of the molecule is Cc1cc(C)nc(Nc2cc(C)nc([C@H]3CCCN3CCC(=O)O)n2)n1. The summed E-state index contributed by atoms with van der Waals surface area (Å²) in [5.74, 6) is 1.11. The van der Waals surface area contributed by atoms with Gasteiger partial charge in [0.05, 0.1) is 12.5 Å². The van der Waals surface area contributed by atoms with Crippen molar-refractivity contribution in [3.63, 3.8) is 0 Å². The molecule has 3 rings (SSSR count). The van der Waals surface area contributed by atoms with Crippen molar-refractivity contribution in [2.75, 3.05) is 18.4 Å². The Hall–Kier alpha value is -2.61. The number of nitrogens with zero attached hydrogens (tertiary/aromatic N) is 5. The zero-order valence-electron chi connectivity index (χ0n) is 15.4. The van der Waals surface area contributed by atoms with E-state index >= 15 is 0 Å². The minimum atomic E-state index is -0.782. The van der Waals surface area contributed by atoms with Crippen LogP contribution in [0.1, 0.15) is 48.2 Å². The van der Waals surface area contributed by atoms with Crippen molar-refractivity contribution in [1.82, 2.24) is 24.8 Å². The van der Waals surface area contributed by atoms with Gasteiger partial charge in [0.15, 0.2) is 0 Å². The molecule has 0 spiro atoms. The summed E-state index contributed by atoms with van der Waals surface area (Å²) in [6.45, 7) is 7.17. The molecule has 1 aliphatic rings. The molecule has 2 aromatic rings. The predicted molar refractivity (Wildman–Crippen MR) is 97.4 cm³/mol. The van der Waals surface area contributed by atoms with Crippen LogP contribution in [0.5, 0.6) is 0 Å². The average Bonchev–Trinajstić information content (AvgIpc) is 2.99. The third-order valence-electron chi connectivity index (χ3n) is 4.37. The zero-order valence-corrected chi connectivity index (χ0v) is 15.4. The van der Waals surface area contributed by atoms with Gasteiger partial charge in [0, 0.05) is 29.7 Å². The van der Waals surface area contributed by atoms with Crippen molar-refractivity contribution in [2.24, 2.45) is 0 Å². The second kappa shape index (κ2) is 7.74. The molecular weight excluding hydrogens is 332 g/mol. The van der Waals surface area contributed by atoms with Crippen molar-refractivity contribution in [1.29, 1.82) is 0 Å². The second-order valence-corrected chi connectivity index (χ2v) is 6.69. The van der Waals surface area contributed by atoms with Crippen molar-refractivity contribution < 1.29 is 9.90 Å². The lowest BCUT2D eigenvalue weighted by molar-refractivity contribution is -0.137. The smallest absolute Gasteiger partial charge is 0.304 e. The van der Waals surface area contributed by atoms with Gasteiger partial charge >= 0.3 is 5.97 Å². The highest BCUT2D eigenvalue weighted by Crippen LogP contribution is 2.30. The highest BCUT2D eigenvalue weighted by molar-refractivity contribution is 5.66. The molecule has 138 valence electrons. The fraction of sp³-hybridized carbons (Fsp3) is 0.500. The summed E-state index contributed by atoms with van der Waals surface area (Å²) in [7, 11) is 0. The number of likely N-dealkylation sites (tertiary alicyclic amines) is 1. The first kappa shape index (κ1) is 18.2. The van der Waals surface area contributed by atoms with E-state index < -0.39 is 5.97 Å². The topological polar surface area (TPSA) is 104 Å². The number of nitrogens with one attached hydrogen (secondary N) is 1. The molecule has 0 unspecified atom stereocenters. The number of carboxylic acids is 1. The molecule has 1 saturated heterocycles. The Kier molecular flexibility index (Phi) is 5.41. The van der Waals surface area contributed by atoms with E-state index in [4.69, 9.17) is 5.11 Å². The molecule has 3 heterocycles. The monoisotopic (exact) mass is 356 g/mol. The van der Waals surface area contributed by atoms with Gasteiger partial charge in [-0.15, -0.1) is 0 Å². The maximum absolute atomic E-state index is 10.9. The standard InChI is InChI=1S/C18H24N6O2/c1-11-9-12(2)21-18(20-11)23-15-10-13(3)19-17(22-15)14-5-4-7-24(14)8-6-16(25)26/h9-10,14H,4-8H2,1-3H3,(H,25,26)(H,19,20,21,22,23)/t14-/m1/s1. The Morgan fingerprint density at radius 1 is 1.15 bits per heavy atom. The van der Waals surface area contributed by atoms with Gasteiger partial charge in [0.25, 0.3) is 0 Å². The van der Waals surface area contributed by atoms with Crippen LogP contribution < -0.4 is 5.32 Å². The van der Waals surface area contributed by atoms with Crippen LogP contribution in [0.4, 0.5) is 11.8 Å². The van der Waals surface area contributed by atoms with Crippen LogP contribution >= 0.6 is 0 Å². The number of aliphatic carboxylic acids is 1. The molecule has 0 radical (unpaired) electrons. The van der Waals surface area contributed by atoms with E-state index in [1.807, 2.05) is 32.9 Å². The van der Waals surface area contributed by atoms with E-state index in [0.29, 0.717) is 18.3 Å². The fourth-order valence-electron chi connectivity index (χ4n) is 3.33. The minimum absolute atomic E-state index is 0.0509. The average molecular weight is 356 g/mol. The maximum atomic E-state index is 10.9. The summed E-state index contributed by atoms with van der Waals surface area (Å²) >= 11 is 0. The first-order valence-electron chi connectivity index (χ1n) is 8.81. The number of aromatic nitrogens is 4. The maximum Gasteiger partial charge on any atom is 0.304 e. The van der Waals surface area contributed by atoms with Gasteiger partial charge in [-0.2, -0.15) is 0 Å². The van der Waals surface area contributed by atoms with Crippen LogP contribution in [0.3, 0.4) is 0 Å². The molecule has 0 bridgehead atoms. The second-order valence-electron chi connectivity index (χ2n) is 6.69. The number of carbonyl (C=O) groups is 1. The van der Waals surface area contributed by atoms with E-state index in [0.717, 1.165) is 42.3 Å². The largest absolute Gasteiger partial charge is 0.481 e. The Morgan fingerprint density at radius 3 is 2.54 bits per heavy atom. The molecule has 0 saturated carbocycles. The van der Waals surface area contributed by atoms with Gasteiger partial charge in [-0.25, -0.2) is 19.9 Å². The molecule has 1 aliphatic heterocycles. The third kappa shape index (κ3) is 4.51. The van der Waals surface area contributed by atoms with Crippen molar-refractivity contribution in [3.05, 3.63) is 35.0 Å². The minimum Gasteiger partial charge on any atom is -0.481 e. The highest BCUT2D eigenvalue weighted by Gasteiger charge is 2.28. The molecule has 1 fully saturated rings. The number of anilines is 2. The lowest BCUT2D eigenvalue weighted by atomic mass is 10.2. The summed E-state index contributed by atoms with van der Waals surface area (Å²) in [4.78, 5) is 31.1. The van der Waals surface area contributed by atoms with Gasteiger partial charge in [-0.05, 0) is 46.2 Å². The van der Waals surface area contributed by atoms with E-state index in [1.54, 1.807) is 0 Å². The van der Waals surface area contributed by atoms with Crippen LogP contribution in [0, 0.1) is 20.8 Å². The number of hydrogen-bond acceptors (Lipinski definition) is 7. The van der Waals surface area contributed by atoms with Gasteiger partial charge in [0.2, 0.25) is 5.95 Å². The Labute approximate surface area is 152 Å². The molecule has 8 nitrogen and oxygen atoms in total. The van der Waals surface area contributed by atoms with Crippen molar-refractivity contribution in [2.45, 2.75) is 46.1 Å². The zero-order chi connectivity index (χ0) is 18.7. The molecule has 2 N–H and O–H groups in total. The normalized spacial score (nSPS) is 17.4. The van der Waals surface area contributed by atoms with E-state index in [2.05, 4.69) is 30.2 Å². The molecule has 0 aromatic carbocycles. The lowest BCUT2D eigenvalue weighted by Crippen LogP contribution is -2.27. The van der Waals surface area contributed by atoms with Crippen LogP contribution in [0.2, 0.25) is 0 Å². The summed E-state index contributed by atoms with van der Waals surface area (Å²) in [6, 6.07) is 3.83. The molecule has 0 aliphatic carbocycles. The van der Waals surface area contributed by atoms with Gasteiger partial charge in [-0.3, -0.25) is 9.69 Å². The fourth-order valence-corrected chi connectivity index (χ4v) is 3.33. The predicted octanol–water partition coefficient (Wildman–Crippen LogP) is 2.55. The Bertz CT molecular complexity index is 790.